The first kappa shape index (κ1) is 15.0. The van der Waals surface area contributed by atoms with E-state index in [4.69, 9.17) is 0 Å². The third-order valence-corrected chi connectivity index (χ3v) is 5.23. The molecule has 0 heterocycles. The summed E-state index contributed by atoms with van der Waals surface area (Å²) in [6, 6.07) is 5.77. The van der Waals surface area contributed by atoms with Crippen LogP contribution >= 0.6 is 15.9 Å². The van der Waals surface area contributed by atoms with Crippen molar-refractivity contribution in [2.45, 2.75) is 52.0 Å². The van der Waals surface area contributed by atoms with E-state index in [2.05, 4.69) is 35.1 Å². The van der Waals surface area contributed by atoms with E-state index in [1.807, 2.05) is 12.1 Å². The van der Waals surface area contributed by atoms with Crippen molar-refractivity contribution in [3.63, 3.8) is 0 Å². The van der Waals surface area contributed by atoms with Gasteiger partial charge in [-0.05, 0) is 53.2 Å². The van der Waals surface area contributed by atoms with Crippen LogP contribution in [0.1, 0.15) is 57.6 Å². The van der Waals surface area contributed by atoms with Crippen LogP contribution in [0.25, 0.3) is 0 Å². The van der Waals surface area contributed by atoms with Gasteiger partial charge >= 0.3 is 0 Å². The molecule has 1 atom stereocenters. The van der Waals surface area contributed by atoms with Crippen molar-refractivity contribution >= 4 is 15.9 Å². The predicted octanol–water partition coefficient (Wildman–Crippen LogP) is 5.21. The topological polar surface area (TPSA) is 12.0 Å². The Bertz CT molecular complexity index is 427. The van der Waals surface area contributed by atoms with Crippen LogP contribution in [-0.4, -0.2) is 6.54 Å². The molecule has 1 nitrogen and oxygen atoms in total. The third-order valence-electron chi connectivity index (χ3n) is 4.62. The highest BCUT2D eigenvalue weighted by molar-refractivity contribution is 9.10. The molecule has 0 amide bonds. The van der Waals surface area contributed by atoms with Gasteiger partial charge in [0.1, 0.15) is 5.82 Å². The monoisotopic (exact) mass is 327 g/mol. The molecule has 0 spiro atoms. The SMILES string of the molecule is CCNC(c1cccc(Br)c1F)C1(CC)CCCC1. The average molecular weight is 328 g/mol. The van der Waals surface area contributed by atoms with Gasteiger partial charge < -0.3 is 5.32 Å². The van der Waals surface area contributed by atoms with Crippen molar-refractivity contribution in [1.29, 1.82) is 0 Å². The summed E-state index contributed by atoms with van der Waals surface area (Å²) in [5.74, 6) is -0.104. The normalized spacial score (nSPS) is 19.6. The second-order valence-corrected chi connectivity index (χ2v) is 6.41. The fourth-order valence-electron chi connectivity index (χ4n) is 3.53. The van der Waals surface area contributed by atoms with Gasteiger partial charge in [0.15, 0.2) is 0 Å². The summed E-state index contributed by atoms with van der Waals surface area (Å²) in [5.41, 5.74) is 1.04. The lowest BCUT2D eigenvalue weighted by atomic mass is 9.73. The van der Waals surface area contributed by atoms with E-state index in [-0.39, 0.29) is 17.3 Å². The van der Waals surface area contributed by atoms with Gasteiger partial charge in [-0.25, -0.2) is 4.39 Å². The van der Waals surface area contributed by atoms with Crippen molar-refractivity contribution in [1.82, 2.24) is 5.32 Å². The number of hydrogen-bond donors (Lipinski definition) is 1. The standard InChI is InChI=1S/C16H23BrFN/c1-3-16(10-5-6-11-16)15(19-4-2)12-8-7-9-13(17)14(12)18/h7-9,15,19H,3-6,10-11H2,1-2H3. The van der Waals surface area contributed by atoms with Crippen molar-refractivity contribution in [3.05, 3.63) is 34.1 Å². The molecular weight excluding hydrogens is 305 g/mol. The maximum absolute atomic E-state index is 14.4. The number of rotatable bonds is 5. The molecule has 1 saturated carbocycles. The van der Waals surface area contributed by atoms with Crippen molar-refractivity contribution in [2.75, 3.05) is 6.54 Å². The minimum absolute atomic E-state index is 0.104. The van der Waals surface area contributed by atoms with E-state index >= 15 is 0 Å². The number of benzene rings is 1. The Hall–Kier alpha value is -0.410. The molecule has 0 bridgehead atoms. The summed E-state index contributed by atoms with van der Waals surface area (Å²) in [5, 5.41) is 3.54. The Morgan fingerprint density at radius 3 is 2.58 bits per heavy atom. The molecule has 1 aromatic rings. The Kier molecular flexibility index (Phi) is 5.02. The zero-order valence-corrected chi connectivity index (χ0v) is 13.4. The average Bonchev–Trinajstić information content (AvgIpc) is 2.89. The number of halogens is 2. The van der Waals surface area contributed by atoms with Gasteiger partial charge in [-0.1, -0.05) is 38.8 Å². The van der Waals surface area contributed by atoms with E-state index in [1.54, 1.807) is 6.07 Å². The second kappa shape index (κ2) is 6.36. The Morgan fingerprint density at radius 1 is 1.32 bits per heavy atom. The van der Waals surface area contributed by atoms with Crippen molar-refractivity contribution in [2.24, 2.45) is 5.41 Å². The van der Waals surface area contributed by atoms with Crippen molar-refractivity contribution in [3.8, 4) is 0 Å². The van der Waals surface area contributed by atoms with Crippen molar-refractivity contribution < 1.29 is 4.39 Å². The molecule has 19 heavy (non-hydrogen) atoms. The van der Waals surface area contributed by atoms with Crippen LogP contribution in [0.15, 0.2) is 22.7 Å². The molecule has 1 aliphatic rings. The van der Waals surface area contributed by atoms with E-state index < -0.39 is 0 Å². The zero-order valence-electron chi connectivity index (χ0n) is 11.8. The maximum Gasteiger partial charge on any atom is 0.142 e. The lowest BCUT2D eigenvalue weighted by molar-refractivity contribution is 0.185. The molecule has 1 aliphatic carbocycles. The fourth-order valence-corrected chi connectivity index (χ4v) is 3.91. The minimum atomic E-state index is -0.104. The maximum atomic E-state index is 14.4. The Labute approximate surface area is 124 Å². The van der Waals surface area contributed by atoms with E-state index in [9.17, 15) is 4.39 Å². The highest BCUT2D eigenvalue weighted by atomic mass is 79.9. The summed E-state index contributed by atoms with van der Waals surface area (Å²) >= 11 is 3.31. The van der Waals surface area contributed by atoms with Crippen LogP contribution in [0.5, 0.6) is 0 Å². The van der Waals surface area contributed by atoms with Gasteiger partial charge in [0.05, 0.1) is 4.47 Å². The van der Waals surface area contributed by atoms with Gasteiger partial charge in [0.2, 0.25) is 0 Å². The van der Waals surface area contributed by atoms with Gasteiger partial charge in [-0.2, -0.15) is 0 Å². The molecular formula is C16H23BrFN. The predicted molar refractivity (Wildman–Crippen MR) is 81.7 cm³/mol. The van der Waals surface area contributed by atoms with Gasteiger partial charge in [0.25, 0.3) is 0 Å². The molecule has 0 aliphatic heterocycles. The van der Waals surface area contributed by atoms with Crippen LogP contribution in [0.3, 0.4) is 0 Å². The Morgan fingerprint density at radius 2 is 2.00 bits per heavy atom. The zero-order chi connectivity index (χ0) is 13.9. The third kappa shape index (κ3) is 2.87. The summed E-state index contributed by atoms with van der Waals surface area (Å²) in [6.45, 7) is 5.21. The lowest BCUT2D eigenvalue weighted by Crippen LogP contribution is -2.36. The smallest absolute Gasteiger partial charge is 0.142 e. The molecule has 1 unspecified atom stereocenters. The molecule has 1 N–H and O–H groups in total. The molecule has 0 radical (unpaired) electrons. The molecule has 3 heteroatoms. The molecule has 0 saturated heterocycles. The summed E-state index contributed by atoms with van der Waals surface area (Å²) in [4.78, 5) is 0. The van der Waals surface area contributed by atoms with E-state index in [1.165, 1.54) is 25.7 Å². The van der Waals surface area contributed by atoms with Crippen LogP contribution in [-0.2, 0) is 0 Å². The number of hydrogen-bond acceptors (Lipinski definition) is 1. The van der Waals surface area contributed by atoms with Gasteiger partial charge in [-0.15, -0.1) is 0 Å². The van der Waals surface area contributed by atoms with E-state index in [0.29, 0.717) is 4.47 Å². The summed E-state index contributed by atoms with van der Waals surface area (Å²) < 4.78 is 15.0. The number of nitrogens with one attached hydrogen (secondary N) is 1. The quantitative estimate of drug-likeness (QED) is 0.782. The highest BCUT2D eigenvalue weighted by Gasteiger charge is 2.41. The highest BCUT2D eigenvalue weighted by Crippen LogP contribution is 2.50. The largest absolute Gasteiger partial charge is 0.310 e. The molecule has 0 aromatic heterocycles. The first-order chi connectivity index (χ1) is 9.14. The van der Waals surface area contributed by atoms with Crippen LogP contribution < -0.4 is 5.32 Å². The summed E-state index contributed by atoms with van der Waals surface area (Å²) in [7, 11) is 0. The van der Waals surface area contributed by atoms with Crippen LogP contribution in [0, 0.1) is 11.2 Å². The molecule has 1 fully saturated rings. The van der Waals surface area contributed by atoms with Gasteiger partial charge in [-0.3, -0.25) is 0 Å². The van der Waals surface area contributed by atoms with E-state index in [0.717, 1.165) is 18.5 Å². The first-order valence-electron chi connectivity index (χ1n) is 7.32. The molecule has 106 valence electrons. The lowest BCUT2D eigenvalue weighted by Gasteiger charge is -2.38. The van der Waals surface area contributed by atoms with Crippen LogP contribution in [0.4, 0.5) is 4.39 Å². The fraction of sp³-hybridized carbons (Fsp3) is 0.625. The molecule has 1 aromatic carbocycles. The summed E-state index contributed by atoms with van der Waals surface area (Å²) in [6.07, 6.45) is 6.05. The van der Waals surface area contributed by atoms with Crippen LogP contribution in [0.2, 0.25) is 0 Å². The Balaban J connectivity index is 2.41. The first-order valence-corrected chi connectivity index (χ1v) is 8.11. The minimum Gasteiger partial charge on any atom is -0.310 e. The second-order valence-electron chi connectivity index (χ2n) is 5.56. The molecule has 2 rings (SSSR count). The van der Waals surface area contributed by atoms with Gasteiger partial charge in [0, 0.05) is 11.6 Å².